The van der Waals surface area contributed by atoms with E-state index in [0.717, 1.165) is 31.7 Å². The molecule has 5 rings (SSSR count). The molecule has 0 radical (unpaired) electrons. The lowest BCUT2D eigenvalue weighted by atomic mass is 10.2. The molecule has 5 nitrogen and oxygen atoms in total. The molecule has 2 aromatic carbocycles. The number of ether oxygens (including phenoxy) is 1. The summed E-state index contributed by atoms with van der Waals surface area (Å²) < 4.78 is 5.90. The molecular weight excluding hydrogens is 470 g/mol. The molecule has 0 aliphatic carbocycles. The predicted octanol–water partition coefficient (Wildman–Crippen LogP) is 6.76. The fourth-order valence-electron chi connectivity index (χ4n) is 3.28. The van der Waals surface area contributed by atoms with Crippen LogP contribution in [-0.4, -0.2) is 15.9 Å². The lowest BCUT2D eigenvalue weighted by Crippen LogP contribution is -2.15. The van der Waals surface area contributed by atoms with Gasteiger partial charge in [0.1, 0.15) is 17.4 Å². The average Bonchev–Trinajstić information content (AvgIpc) is 3.61. The number of carbonyl (C=O) groups is 1. The van der Waals surface area contributed by atoms with Crippen molar-refractivity contribution in [3.63, 3.8) is 0 Å². The van der Waals surface area contributed by atoms with Gasteiger partial charge in [-0.2, -0.15) is 0 Å². The van der Waals surface area contributed by atoms with E-state index >= 15 is 0 Å². The van der Waals surface area contributed by atoms with Crippen molar-refractivity contribution in [1.29, 1.82) is 0 Å². The normalized spacial score (nSPS) is 10.8. The largest absolute Gasteiger partial charge is 0.485 e. The van der Waals surface area contributed by atoms with E-state index in [0.29, 0.717) is 18.0 Å². The van der Waals surface area contributed by atoms with Crippen molar-refractivity contribution in [3.05, 3.63) is 93.6 Å². The molecule has 1 N–H and O–H groups in total. The first-order valence-electron chi connectivity index (χ1n) is 10.2. The molecular formula is C25H19N3O2S3. The first kappa shape index (κ1) is 21.5. The van der Waals surface area contributed by atoms with Crippen LogP contribution in [-0.2, 0) is 17.8 Å². The second-order valence-electron chi connectivity index (χ2n) is 7.12. The van der Waals surface area contributed by atoms with E-state index in [2.05, 4.69) is 10.3 Å². The van der Waals surface area contributed by atoms with Gasteiger partial charge in [0.05, 0.1) is 33.9 Å². The van der Waals surface area contributed by atoms with Crippen LogP contribution in [0, 0.1) is 0 Å². The number of thiazole rings is 2. The molecule has 0 unspecified atom stereocenters. The van der Waals surface area contributed by atoms with Gasteiger partial charge in [-0.25, -0.2) is 9.97 Å². The zero-order valence-corrected chi connectivity index (χ0v) is 19.9. The van der Waals surface area contributed by atoms with Crippen LogP contribution in [0.3, 0.4) is 0 Å². The summed E-state index contributed by atoms with van der Waals surface area (Å²) in [4.78, 5) is 24.2. The number of amides is 1. The minimum atomic E-state index is -0.110. The molecule has 3 heterocycles. The Bertz CT molecular complexity index is 1330. The van der Waals surface area contributed by atoms with Crippen LogP contribution < -0.4 is 10.1 Å². The van der Waals surface area contributed by atoms with Crippen molar-refractivity contribution in [2.24, 2.45) is 0 Å². The fourth-order valence-corrected chi connectivity index (χ4v) is 5.71. The highest BCUT2D eigenvalue weighted by atomic mass is 32.1. The van der Waals surface area contributed by atoms with Crippen LogP contribution in [0.4, 0.5) is 5.69 Å². The van der Waals surface area contributed by atoms with E-state index in [1.807, 2.05) is 77.5 Å². The van der Waals surface area contributed by atoms with Crippen molar-refractivity contribution in [2.45, 2.75) is 13.0 Å². The summed E-state index contributed by atoms with van der Waals surface area (Å²) >= 11 is 4.71. The Labute approximate surface area is 203 Å². The molecule has 3 aromatic heterocycles. The van der Waals surface area contributed by atoms with E-state index in [1.165, 1.54) is 11.3 Å². The molecule has 0 spiro atoms. The Kier molecular flexibility index (Phi) is 6.57. The molecule has 0 aliphatic rings. The minimum Gasteiger partial charge on any atom is -0.485 e. The topological polar surface area (TPSA) is 64.1 Å². The monoisotopic (exact) mass is 489 g/mol. The molecule has 0 aliphatic heterocycles. The number of thiophene rings is 1. The van der Waals surface area contributed by atoms with Gasteiger partial charge >= 0.3 is 0 Å². The van der Waals surface area contributed by atoms with E-state index in [-0.39, 0.29) is 12.3 Å². The second kappa shape index (κ2) is 10.1. The summed E-state index contributed by atoms with van der Waals surface area (Å²) in [6, 6.07) is 21.5. The van der Waals surface area contributed by atoms with Gasteiger partial charge in [0.2, 0.25) is 5.91 Å². The minimum absolute atomic E-state index is 0.110. The molecule has 1 amide bonds. The van der Waals surface area contributed by atoms with E-state index in [9.17, 15) is 4.79 Å². The number of nitrogens with zero attached hydrogens (tertiary/aromatic N) is 2. The lowest BCUT2D eigenvalue weighted by molar-refractivity contribution is -0.115. The molecule has 0 saturated carbocycles. The summed E-state index contributed by atoms with van der Waals surface area (Å²) in [5, 5.41) is 7.89. The molecule has 164 valence electrons. The van der Waals surface area contributed by atoms with E-state index in [4.69, 9.17) is 9.72 Å². The maximum Gasteiger partial charge on any atom is 0.229 e. The Morgan fingerprint density at radius 2 is 1.85 bits per heavy atom. The van der Waals surface area contributed by atoms with Crippen LogP contribution in [0.5, 0.6) is 5.75 Å². The number of hydrogen-bond acceptors (Lipinski definition) is 7. The number of nitrogens with one attached hydrogen (secondary N) is 1. The van der Waals surface area contributed by atoms with Crippen LogP contribution in [0.2, 0.25) is 0 Å². The number of para-hydroxylation sites is 2. The zero-order chi connectivity index (χ0) is 22.5. The van der Waals surface area contributed by atoms with Crippen molar-refractivity contribution >= 4 is 45.6 Å². The molecule has 33 heavy (non-hydrogen) atoms. The van der Waals surface area contributed by atoms with Gasteiger partial charge in [-0.15, -0.1) is 34.0 Å². The highest BCUT2D eigenvalue weighted by Crippen LogP contribution is 2.36. The van der Waals surface area contributed by atoms with Gasteiger partial charge in [-0.3, -0.25) is 4.79 Å². The van der Waals surface area contributed by atoms with E-state index in [1.54, 1.807) is 28.2 Å². The number of anilines is 1. The molecule has 0 atom stereocenters. The summed E-state index contributed by atoms with van der Waals surface area (Å²) in [6.07, 6.45) is 0.234. The van der Waals surface area contributed by atoms with Crippen LogP contribution in [0.1, 0.15) is 10.6 Å². The third-order valence-corrected chi connectivity index (χ3v) is 7.43. The van der Waals surface area contributed by atoms with Crippen LogP contribution in [0.15, 0.2) is 83.0 Å². The smallest absolute Gasteiger partial charge is 0.229 e. The zero-order valence-electron chi connectivity index (χ0n) is 17.4. The highest BCUT2D eigenvalue weighted by molar-refractivity contribution is 7.17. The molecule has 0 bridgehead atoms. The first-order valence-corrected chi connectivity index (χ1v) is 12.9. The predicted molar refractivity (Wildman–Crippen MR) is 136 cm³/mol. The number of hydrogen-bond donors (Lipinski definition) is 1. The summed E-state index contributed by atoms with van der Waals surface area (Å²) in [5.41, 5.74) is 5.20. The van der Waals surface area contributed by atoms with Gasteiger partial charge in [0, 0.05) is 15.8 Å². The fraction of sp³-hybridized carbons (Fsp3) is 0.0800. The van der Waals surface area contributed by atoms with Gasteiger partial charge in [0.25, 0.3) is 0 Å². The quantitative estimate of drug-likeness (QED) is 0.262. The summed E-state index contributed by atoms with van der Waals surface area (Å²) in [7, 11) is 0. The van der Waals surface area contributed by atoms with Gasteiger partial charge in [-0.1, -0.05) is 48.5 Å². The first-order chi connectivity index (χ1) is 16.3. The Hall–Kier alpha value is -3.33. The third kappa shape index (κ3) is 5.19. The average molecular weight is 490 g/mol. The number of aromatic nitrogens is 2. The lowest BCUT2D eigenvalue weighted by Gasteiger charge is -2.11. The van der Waals surface area contributed by atoms with Crippen molar-refractivity contribution in [2.75, 3.05) is 5.32 Å². The number of carbonyl (C=O) groups excluding carboxylic acids is 1. The molecule has 8 heteroatoms. The Morgan fingerprint density at radius 3 is 2.64 bits per heavy atom. The van der Waals surface area contributed by atoms with Gasteiger partial charge < -0.3 is 10.1 Å². The molecule has 0 fully saturated rings. The number of rotatable bonds is 8. The molecule has 5 aromatic rings. The highest BCUT2D eigenvalue weighted by Gasteiger charge is 2.18. The van der Waals surface area contributed by atoms with Gasteiger partial charge in [0.15, 0.2) is 0 Å². The SMILES string of the molecule is O=C(Cc1sc(-c2ccccc2)nc1-c1cccs1)Nc1ccccc1OCc1cscn1. The summed E-state index contributed by atoms with van der Waals surface area (Å²) in [6.45, 7) is 0.355. The second-order valence-corrected chi connectivity index (χ2v) is 9.87. The summed E-state index contributed by atoms with van der Waals surface area (Å²) in [5.74, 6) is 0.507. The molecule has 0 saturated heterocycles. The Balaban J connectivity index is 1.35. The van der Waals surface area contributed by atoms with Crippen molar-refractivity contribution < 1.29 is 9.53 Å². The standard InChI is InChI=1S/C25H19N3O2S3/c29-23(27-19-9-4-5-10-20(19)30-14-18-15-31-16-26-18)13-22-24(21-11-6-12-32-21)28-25(33-22)17-7-2-1-3-8-17/h1-12,15-16H,13-14H2,(H,27,29). The third-order valence-electron chi connectivity index (χ3n) is 4.81. The Morgan fingerprint density at radius 1 is 1.00 bits per heavy atom. The number of benzene rings is 2. The van der Waals surface area contributed by atoms with E-state index < -0.39 is 0 Å². The van der Waals surface area contributed by atoms with Crippen LogP contribution in [0.25, 0.3) is 21.1 Å². The maximum absolute atomic E-state index is 13.0. The van der Waals surface area contributed by atoms with Crippen molar-refractivity contribution in [3.8, 4) is 26.9 Å². The van der Waals surface area contributed by atoms with Crippen LogP contribution >= 0.6 is 34.0 Å². The van der Waals surface area contributed by atoms with Crippen molar-refractivity contribution in [1.82, 2.24) is 9.97 Å². The maximum atomic E-state index is 13.0. The van der Waals surface area contributed by atoms with Gasteiger partial charge in [-0.05, 0) is 23.6 Å².